The van der Waals surface area contributed by atoms with Crippen molar-refractivity contribution in [1.29, 1.82) is 0 Å². The molecule has 0 bridgehead atoms. The molecule has 0 saturated heterocycles. The van der Waals surface area contributed by atoms with E-state index in [0.29, 0.717) is 0 Å². The van der Waals surface area contributed by atoms with Gasteiger partial charge in [-0.3, -0.25) is 0 Å². The molecule has 1 aliphatic rings. The second kappa shape index (κ2) is 4.49. The molecule has 0 radical (unpaired) electrons. The average molecular weight is 272 g/mol. The number of rotatable bonds is 1. The molecular weight excluding hydrogens is 256 g/mol. The molecule has 0 aliphatic carbocycles. The molecule has 1 heterocycles. The molecule has 3 aromatic rings. The highest BCUT2D eigenvalue weighted by molar-refractivity contribution is 5.77. The van der Waals surface area contributed by atoms with Crippen molar-refractivity contribution in [2.75, 3.05) is 0 Å². The second-order valence-corrected chi connectivity index (χ2v) is 5.54. The first kappa shape index (κ1) is 12.2. The van der Waals surface area contributed by atoms with E-state index in [0.717, 1.165) is 5.75 Å². The summed E-state index contributed by atoms with van der Waals surface area (Å²) in [7, 11) is 0. The topological polar surface area (TPSA) is 9.23 Å². The van der Waals surface area contributed by atoms with E-state index in [4.69, 9.17) is 4.74 Å². The Morgan fingerprint density at radius 1 is 0.667 bits per heavy atom. The van der Waals surface area contributed by atoms with Crippen LogP contribution in [-0.4, -0.2) is 0 Å². The summed E-state index contributed by atoms with van der Waals surface area (Å²) in [5.41, 5.74) is 4.36. The van der Waals surface area contributed by atoms with Gasteiger partial charge in [0.25, 0.3) is 0 Å². The Balaban J connectivity index is 2.01. The van der Waals surface area contributed by atoms with Crippen LogP contribution in [0.5, 0.6) is 5.75 Å². The minimum atomic E-state index is -0.452. The van der Waals surface area contributed by atoms with Crippen molar-refractivity contribution in [3.63, 3.8) is 0 Å². The molecule has 0 spiro atoms. The smallest absolute Gasteiger partial charge is 0.157 e. The second-order valence-electron chi connectivity index (χ2n) is 5.54. The van der Waals surface area contributed by atoms with E-state index >= 15 is 0 Å². The normalized spacial score (nSPS) is 19.3. The van der Waals surface area contributed by atoms with Gasteiger partial charge in [0.15, 0.2) is 5.60 Å². The third kappa shape index (κ3) is 1.78. The number of ether oxygens (including phenoxy) is 1. The summed E-state index contributed by atoms with van der Waals surface area (Å²) < 4.78 is 6.43. The van der Waals surface area contributed by atoms with Crippen LogP contribution in [0, 0.1) is 0 Å². The molecule has 0 saturated carbocycles. The summed E-state index contributed by atoms with van der Waals surface area (Å²) in [5, 5.41) is 0. The van der Waals surface area contributed by atoms with Gasteiger partial charge in [0.1, 0.15) is 5.75 Å². The summed E-state index contributed by atoms with van der Waals surface area (Å²) in [6.07, 6.45) is 0. The molecule has 3 aromatic carbocycles. The van der Waals surface area contributed by atoms with Crippen molar-refractivity contribution in [1.82, 2.24) is 0 Å². The zero-order valence-electron chi connectivity index (χ0n) is 11.9. The van der Waals surface area contributed by atoms with Gasteiger partial charge in [0.2, 0.25) is 0 Å². The Hall–Kier alpha value is -2.54. The maximum absolute atomic E-state index is 6.43. The van der Waals surface area contributed by atoms with Gasteiger partial charge < -0.3 is 4.74 Å². The lowest BCUT2D eigenvalue weighted by molar-refractivity contribution is 0.129. The Morgan fingerprint density at radius 2 is 1.29 bits per heavy atom. The number of fused-ring (bicyclic) bond motifs is 3. The molecule has 4 rings (SSSR count). The van der Waals surface area contributed by atoms with Crippen molar-refractivity contribution in [3.8, 4) is 16.9 Å². The monoisotopic (exact) mass is 272 g/mol. The quantitative estimate of drug-likeness (QED) is 0.605. The Morgan fingerprint density at radius 3 is 2.10 bits per heavy atom. The average Bonchev–Trinajstić information content (AvgIpc) is 2.56. The summed E-state index contributed by atoms with van der Waals surface area (Å²) >= 11 is 0. The zero-order chi connectivity index (χ0) is 14.3. The molecule has 0 aromatic heterocycles. The Labute approximate surface area is 124 Å². The van der Waals surface area contributed by atoms with Gasteiger partial charge in [-0.05, 0) is 24.1 Å². The molecule has 0 amide bonds. The molecule has 1 atom stereocenters. The van der Waals surface area contributed by atoms with E-state index in [-0.39, 0.29) is 0 Å². The zero-order valence-corrected chi connectivity index (χ0v) is 11.9. The van der Waals surface area contributed by atoms with Crippen LogP contribution in [0.2, 0.25) is 0 Å². The van der Waals surface area contributed by atoms with Gasteiger partial charge in [-0.2, -0.15) is 0 Å². The van der Waals surface area contributed by atoms with Crippen LogP contribution < -0.4 is 4.74 Å². The van der Waals surface area contributed by atoms with Crippen LogP contribution >= 0.6 is 0 Å². The van der Waals surface area contributed by atoms with Gasteiger partial charge in [-0.1, -0.05) is 72.8 Å². The summed E-state index contributed by atoms with van der Waals surface area (Å²) in [6, 6.07) is 27.2. The van der Waals surface area contributed by atoms with Gasteiger partial charge in [0.05, 0.1) is 0 Å². The minimum absolute atomic E-state index is 0.452. The lowest BCUT2D eigenvalue weighted by Gasteiger charge is -2.38. The van der Waals surface area contributed by atoms with E-state index in [2.05, 4.69) is 67.6 Å². The molecule has 1 nitrogen and oxygen atoms in total. The third-order valence-corrected chi connectivity index (χ3v) is 4.26. The standard InChI is InChI=1S/C20H16O/c1-20(15-9-3-2-4-10-15)18-13-7-5-11-16(18)17-12-6-8-14-19(17)21-20/h2-14H,1H3/t20-/m0/s1. The van der Waals surface area contributed by atoms with Crippen LogP contribution in [0.25, 0.3) is 11.1 Å². The first-order valence-electron chi connectivity index (χ1n) is 7.22. The highest BCUT2D eigenvalue weighted by Crippen LogP contribution is 2.47. The van der Waals surface area contributed by atoms with E-state index in [9.17, 15) is 0 Å². The fourth-order valence-electron chi connectivity index (χ4n) is 3.16. The van der Waals surface area contributed by atoms with Crippen LogP contribution in [-0.2, 0) is 5.60 Å². The maximum atomic E-state index is 6.43. The molecule has 1 aliphatic heterocycles. The molecule has 0 N–H and O–H groups in total. The number of para-hydroxylation sites is 1. The number of benzene rings is 3. The largest absolute Gasteiger partial charge is 0.477 e. The van der Waals surface area contributed by atoms with Crippen molar-refractivity contribution in [2.45, 2.75) is 12.5 Å². The Kier molecular flexibility index (Phi) is 2.61. The number of hydrogen-bond acceptors (Lipinski definition) is 1. The molecule has 21 heavy (non-hydrogen) atoms. The maximum Gasteiger partial charge on any atom is 0.157 e. The van der Waals surface area contributed by atoms with E-state index < -0.39 is 5.60 Å². The lowest BCUT2D eigenvalue weighted by Crippen LogP contribution is -2.34. The fourth-order valence-corrected chi connectivity index (χ4v) is 3.16. The SMILES string of the molecule is C[C@@]1(c2ccccc2)Oc2ccccc2-c2ccccc21. The van der Waals surface area contributed by atoms with Crippen LogP contribution in [0.3, 0.4) is 0 Å². The lowest BCUT2D eigenvalue weighted by atomic mass is 9.81. The van der Waals surface area contributed by atoms with Crippen molar-refractivity contribution >= 4 is 0 Å². The third-order valence-electron chi connectivity index (χ3n) is 4.26. The van der Waals surface area contributed by atoms with Crippen molar-refractivity contribution in [2.24, 2.45) is 0 Å². The van der Waals surface area contributed by atoms with Crippen LogP contribution in [0.4, 0.5) is 0 Å². The van der Waals surface area contributed by atoms with E-state index in [1.165, 1.54) is 22.3 Å². The molecule has 1 heteroatoms. The predicted octanol–water partition coefficient (Wildman–Crippen LogP) is 5.01. The molecule has 0 fully saturated rings. The summed E-state index contributed by atoms with van der Waals surface area (Å²) in [4.78, 5) is 0. The van der Waals surface area contributed by atoms with E-state index in [1.54, 1.807) is 0 Å². The highest BCUT2D eigenvalue weighted by atomic mass is 16.5. The first-order chi connectivity index (χ1) is 10.3. The van der Waals surface area contributed by atoms with Crippen molar-refractivity contribution in [3.05, 3.63) is 90.0 Å². The molecular formula is C20H16O. The van der Waals surface area contributed by atoms with Gasteiger partial charge in [-0.15, -0.1) is 0 Å². The van der Waals surface area contributed by atoms with E-state index in [1.807, 2.05) is 18.2 Å². The summed E-state index contributed by atoms with van der Waals surface area (Å²) in [5.74, 6) is 0.947. The highest BCUT2D eigenvalue weighted by Gasteiger charge is 2.37. The minimum Gasteiger partial charge on any atom is -0.477 e. The van der Waals surface area contributed by atoms with Crippen LogP contribution in [0.1, 0.15) is 18.1 Å². The van der Waals surface area contributed by atoms with Gasteiger partial charge in [0, 0.05) is 11.1 Å². The fraction of sp³-hybridized carbons (Fsp3) is 0.100. The predicted molar refractivity (Wildman–Crippen MR) is 85.4 cm³/mol. The van der Waals surface area contributed by atoms with Gasteiger partial charge in [-0.25, -0.2) is 0 Å². The number of hydrogen-bond donors (Lipinski definition) is 0. The first-order valence-corrected chi connectivity index (χ1v) is 7.22. The summed E-state index contributed by atoms with van der Waals surface area (Å²) in [6.45, 7) is 2.15. The Bertz CT molecular complexity index is 792. The van der Waals surface area contributed by atoms with Gasteiger partial charge >= 0.3 is 0 Å². The molecule has 102 valence electrons. The van der Waals surface area contributed by atoms with Crippen LogP contribution in [0.15, 0.2) is 78.9 Å². The molecule has 0 unspecified atom stereocenters. The van der Waals surface area contributed by atoms with Crippen molar-refractivity contribution < 1.29 is 4.74 Å².